The minimum Gasteiger partial charge on any atom is -0.497 e. The van der Waals surface area contributed by atoms with E-state index in [-0.39, 0.29) is 10.8 Å². The summed E-state index contributed by atoms with van der Waals surface area (Å²) in [7, 11) is -2.14. The van der Waals surface area contributed by atoms with Crippen molar-refractivity contribution in [2.75, 3.05) is 7.11 Å². The van der Waals surface area contributed by atoms with E-state index in [9.17, 15) is 13.5 Å². The fourth-order valence-electron chi connectivity index (χ4n) is 2.60. The van der Waals surface area contributed by atoms with Gasteiger partial charge in [0, 0.05) is 0 Å². The third-order valence-electron chi connectivity index (χ3n) is 4.40. The van der Waals surface area contributed by atoms with Gasteiger partial charge >= 0.3 is 0 Å². The van der Waals surface area contributed by atoms with E-state index in [1.165, 1.54) is 12.1 Å². The highest BCUT2D eigenvalue weighted by atomic mass is 32.2. The van der Waals surface area contributed by atoms with E-state index in [4.69, 9.17) is 4.74 Å². The SMILES string of the molecule is CCC(C)C(NS(=O)(=O)c1ccccc1)C(O)c1ccc(OC)cc1. The molecule has 0 aliphatic carbocycles. The summed E-state index contributed by atoms with van der Waals surface area (Å²) in [6.07, 6.45) is -0.228. The Balaban J connectivity index is 2.29. The van der Waals surface area contributed by atoms with E-state index in [1.54, 1.807) is 49.6 Å². The van der Waals surface area contributed by atoms with Crippen molar-refractivity contribution in [3.05, 3.63) is 60.2 Å². The maximum absolute atomic E-state index is 12.7. The molecule has 0 spiro atoms. The maximum atomic E-state index is 12.7. The van der Waals surface area contributed by atoms with Gasteiger partial charge in [-0.25, -0.2) is 13.1 Å². The van der Waals surface area contributed by atoms with Crippen LogP contribution in [-0.2, 0) is 10.0 Å². The van der Waals surface area contributed by atoms with Crippen LogP contribution in [0.5, 0.6) is 5.75 Å². The molecule has 3 atom stereocenters. The van der Waals surface area contributed by atoms with Gasteiger partial charge in [-0.15, -0.1) is 0 Å². The molecule has 2 rings (SSSR count). The first-order chi connectivity index (χ1) is 11.9. The van der Waals surface area contributed by atoms with Crippen LogP contribution >= 0.6 is 0 Å². The molecule has 0 bridgehead atoms. The summed E-state index contributed by atoms with van der Waals surface area (Å²) in [6.45, 7) is 3.89. The Bertz CT molecular complexity index is 760. The molecule has 2 aromatic carbocycles. The molecule has 0 amide bonds. The molecule has 0 aliphatic heterocycles. The number of aliphatic hydroxyl groups excluding tert-OH is 1. The van der Waals surface area contributed by atoms with Gasteiger partial charge in [0.05, 0.1) is 24.2 Å². The van der Waals surface area contributed by atoms with Crippen molar-refractivity contribution in [3.63, 3.8) is 0 Å². The van der Waals surface area contributed by atoms with E-state index in [0.29, 0.717) is 11.3 Å². The van der Waals surface area contributed by atoms with Crippen LogP contribution in [0.1, 0.15) is 31.9 Å². The summed E-state index contributed by atoms with van der Waals surface area (Å²) in [5.41, 5.74) is 0.641. The largest absolute Gasteiger partial charge is 0.497 e. The summed E-state index contributed by atoms with van der Waals surface area (Å²) in [5, 5.41) is 10.8. The van der Waals surface area contributed by atoms with Crippen LogP contribution in [0.15, 0.2) is 59.5 Å². The quantitative estimate of drug-likeness (QED) is 0.756. The molecule has 0 fully saturated rings. The third-order valence-corrected chi connectivity index (χ3v) is 5.87. The molecular formula is C19H25NO4S. The molecule has 2 N–H and O–H groups in total. The third kappa shape index (κ3) is 4.81. The van der Waals surface area contributed by atoms with Crippen molar-refractivity contribution in [1.82, 2.24) is 4.72 Å². The first-order valence-corrected chi connectivity index (χ1v) is 9.76. The second-order valence-electron chi connectivity index (χ2n) is 6.06. The van der Waals surface area contributed by atoms with Crippen molar-refractivity contribution in [3.8, 4) is 5.75 Å². The maximum Gasteiger partial charge on any atom is 0.240 e. The topological polar surface area (TPSA) is 75.6 Å². The number of nitrogens with one attached hydrogen (secondary N) is 1. The van der Waals surface area contributed by atoms with Gasteiger partial charge < -0.3 is 9.84 Å². The number of ether oxygens (including phenoxy) is 1. The summed E-state index contributed by atoms with van der Waals surface area (Å²) in [6, 6.07) is 14.5. The average Bonchev–Trinajstić information content (AvgIpc) is 2.65. The van der Waals surface area contributed by atoms with Crippen molar-refractivity contribution in [1.29, 1.82) is 0 Å². The van der Waals surface area contributed by atoms with Gasteiger partial charge in [0.25, 0.3) is 0 Å². The van der Waals surface area contributed by atoms with E-state index < -0.39 is 22.2 Å². The Morgan fingerprint density at radius 3 is 2.20 bits per heavy atom. The first kappa shape index (κ1) is 19.4. The zero-order valence-corrected chi connectivity index (χ0v) is 15.5. The highest BCUT2D eigenvalue weighted by Crippen LogP contribution is 2.27. The first-order valence-electron chi connectivity index (χ1n) is 8.28. The lowest BCUT2D eigenvalue weighted by Gasteiger charge is -2.29. The summed E-state index contributed by atoms with van der Waals surface area (Å²) in [4.78, 5) is 0.185. The van der Waals surface area contributed by atoms with Crippen molar-refractivity contribution in [2.45, 2.75) is 37.3 Å². The van der Waals surface area contributed by atoms with Crippen molar-refractivity contribution in [2.24, 2.45) is 5.92 Å². The van der Waals surface area contributed by atoms with Gasteiger partial charge in [-0.2, -0.15) is 0 Å². The smallest absolute Gasteiger partial charge is 0.240 e. The zero-order chi connectivity index (χ0) is 18.4. The van der Waals surface area contributed by atoms with Crippen LogP contribution in [0, 0.1) is 5.92 Å². The molecule has 25 heavy (non-hydrogen) atoms. The number of aliphatic hydroxyl groups is 1. The summed E-state index contributed by atoms with van der Waals surface area (Å²) in [5.74, 6) is 0.636. The van der Waals surface area contributed by atoms with E-state index in [0.717, 1.165) is 6.42 Å². The molecule has 0 radical (unpaired) electrons. The number of methoxy groups -OCH3 is 1. The van der Waals surface area contributed by atoms with Gasteiger partial charge in [-0.1, -0.05) is 50.6 Å². The molecule has 3 unspecified atom stereocenters. The van der Waals surface area contributed by atoms with Gasteiger partial charge in [-0.05, 0) is 35.7 Å². The Hall–Kier alpha value is -1.89. The van der Waals surface area contributed by atoms with Gasteiger partial charge in [0.1, 0.15) is 5.75 Å². The van der Waals surface area contributed by atoms with E-state index in [1.807, 2.05) is 13.8 Å². The zero-order valence-electron chi connectivity index (χ0n) is 14.7. The lowest BCUT2D eigenvalue weighted by atomic mass is 9.91. The van der Waals surface area contributed by atoms with Gasteiger partial charge in [-0.3, -0.25) is 0 Å². The minimum absolute atomic E-state index is 0.0458. The molecule has 6 heteroatoms. The van der Waals surface area contributed by atoms with Crippen LogP contribution in [0.2, 0.25) is 0 Å². The Morgan fingerprint density at radius 1 is 1.08 bits per heavy atom. The standard InChI is InChI=1S/C19H25NO4S/c1-4-14(2)18(19(21)15-10-12-16(24-3)13-11-15)20-25(22,23)17-8-6-5-7-9-17/h5-14,18-21H,4H2,1-3H3. The van der Waals surface area contributed by atoms with E-state index >= 15 is 0 Å². The van der Waals surface area contributed by atoms with Crippen LogP contribution in [0.25, 0.3) is 0 Å². The number of hydrogen-bond donors (Lipinski definition) is 2. The normalized spacial score (nSPS) is 15.4. The Kier molecular flexibility index (Phi) is 6.58. The Labute approximate surface area is 149 Å². The molecule has 2 aromatic rings. The van der Waals surface area contributed by atoms with E-state index in [2.05, 4.69) is 4.72 Å². The predicted molar refractivity (Wildman–Crippen MR) is 98.0 cm³/mol. The fourth-order valence-corrected chi connectivity index (χ4v) is 3.97. The second-order valence-corrected chi connectivity index (χ2v) is 7.78. The second kappa shape index (κ2) is 8.47. The molecule has 5 nitrogen and oxygen atoms in total. The van der Waals surface area contributed by atoms with Gasteiger partial charge in [0.15, 0.2) is 0 Å². The van der Waals surface area contributed by atoms with Crippen LogP contribution < -0.4 is 9.46 Å². The molecule has 0 aromatic heterocycles. The Morgan fingerprint density at radius 2 is 1.68 bits per heavy atom. The average molecular weight is 363 g/mol. The minimum atomic E-state index is -3.72. The summed E-state index contributed by atoms with van der Waals surface area (Å²) >= 11 is 0. The number of sulfonamides is 1. The summed E-state index contributed by atoms with van der Waals surface area (Å²) < 4.78 is 33.1. The van der Waals surface area contributed by atoms with Crippen LogP contribution in [0.3, 0.4) is 0 Å². The van der Waals surface area contributed by atoms with Crippen molar-refractivity contribution >= 4 is 10.0 Å². The predicted octanol–water partition coefficient (Wildman–Crippen LogP) is 3.12. The highest BCUT2D eigenvalue weighted by Gasteiger charge is 2.30. The molecular weight excluding hydrogens is 338 g/mol. The van der Waals surface area contributed by atoms with Crippen LogP contribution in [-0.4, -0.2) is 26.7 Å². The molecule has 0 aliphatic rings. The monoisotopic (exact) mass is 363 g/mol. The molecule has 0 saturated heterocycles. The van der Waals surface area contributed by atoms with Crippen LogP contribution in [0.4, 0.5) is 0 Å². The van der Waals surface area contributed by atoms with Crippen molar-refractivity contribution < 1.29 is 18.3 Å². The number of rotatable bonds is 8. The number of hydrogen-bond acceptors (Lipinski definition) is 4. The lowest BCUT2D eigenvalue weighted by molar-refractivity contribution is 0.112. The highest BCUT2D eigenvalue weighted by molar-refractivity contribution is 7.89. The lowest BCUT2D eigenvalue weighted by Crippen LogP contribution is -2.43. The molecule has 0 heterocycles. The molecule has 0 saturated carbocycles. The molecule has 136 valence electrons. The number of benzene rings is 2. The van der Waals surface area contributed by atoms with Gasteiger partial charge in [0.2, 0.25) is 10.0 Å². The fraction of sp³-hybridized carbons (Fsp3) is 0.368.